The van der Waals surface area contributed by atoms with Crippen LogP contribution in [-0.2, 0) is 21.4 Å². The first kappa shape index (κ1) is 23.7. The van der Waals surface area contributed by atoms with Crippen LogP contribution in [-0.4, -0.2) is 32.2 Å². The van der Waals surface area contributed by atoms with Crippen LogP contribution in [0.25, 0.3) is 22.0 Å². The number of aromatic nitrogens is 1. The van der Waals surface area contributed by atoms with Gasteiger partial charge in [-0.2, -0.15) is 0 Å². The predicted molar refractivity (Wildman–Crippen MR) is 134 cm³/mol. The van der Waals surface area contributed by atoms with Crippen molar-refractivity contribution in [3.8, 4) is 16.9 Å². The lowest BCUT2D eigenvalue weighted by Crippen LogP contribution is -2.24. The highest BCUT2D eigenvalue weighted by atomic mass is 32.2. The molecule has 0 aliphatic rings. The second-order valence-corrected chi connectivity index (χ2v) is 10.1. The van der Waals surface area contributed by atoms with E-state index in [1.165, 1.54) is 23.9 Å². The number of primary sulfonamides is 1. The van der Waals surface area contributed by atoms with Crippen molar-refractivity contribution in [2.45, 2.75) is 16.5 Å². The second-order valence-electron chi connectivity index (χ2n) is 7.51. The molecule has 3 aromatic carbocycles. The molecular formula is C25H23N3O4S2. The first-order valence-corrected chi connectivity index (χ1v) is 12.9. The molecule has 0 spiro atoms. The molecule has 0 aliphatic heterocycles. The second kappa shape index (κ2) is 10.3. The molecule has 1 amide bonds. The van der Waals surface area contributed by atoms with Gasteiger partial charge in [0.25, 0.3) is 0 Å². The zero-order valence-electron chi connectivity index (χ0n) is 18.4. The van der Waals surface area contributed by atoms with Gasteiger partial charge in [0.1, 0.15) is 5.75 Å². The molecule has 0 fully saturated rings. The number of nitrogens with two attached hydrogens (primary N) is 1. The quantitative estimate of drug-likeness (QED) is 0.359. The van der Waals surface area contributed by atoms with Crippen LogP contribution < -0.4 is 15.2 Å². The van der Waals surface area contributed by atoms with Crippen LogP contribution >= 0.6 is 11.8 Å². The molecule has 4 rings (SSSR count). The predicted octanol–water partition coefficient (Wildman–Crippen LogP) is 3.97. The number of thioether (sulfide) groups is 1. The van der Waals surface area contributed by atoms with Gasteiger partial charge < -0.3 is 10.1 Å². The third-order valence-corrected chi connectivity index (χ3v) is 7.01. The minimum atomic E-state index is -3.74. The molecule has 0 unspecified atom stereocenters. The van der Waals surface area contributed by atoms with Gasteiger partial charge in [-0.25, -0.2) is 18.5 Å². The van der Waals surface area contributed by atoms with Gasteiger partial charge >= 0.3 is 0 Å². The fourth-order valence-corrected chi connectivity index (χ4v) is 4.69. The van der Waals surface area contributed by atoms with E-state index in [2.05, 4.69) is 5.32 Å². The molecular weight excluding hydrogens is 470 g/mol. The monoisotopic (exact) mass is 493 g/mol. The Kier molecular flexibility index (Phi) is 7.16. The molecule has 0 saturated carbocycles. The van der Waals surface area contributed by atoms with Crippen molar-refractivity contribution < 1.29 is 17.9 Å². The van der Waals surface area contributed by atoms with E-state index < -0.39 is 10.0 Å². The number of pyridine rings is 1. The largest absolute Gasteiger partial charge is 0.497 e. The van der Waals surface area contributed by atoms with E-state index in [1.54, 1.807) is 19.2 Å². The van der Waals surface area contributed by atoms with Gasteiger partial charge in [-0.15, -0.1) is 0 Å². The normalized spacial score (nSPS) is 11.4. The highest BCUT2D eigenvalue weighted by Gasteiger charge is 2.12. The number of sulfonamides is 1. The number of nitrogens with one attached hydrogen (secondary N) is 1. The van der Waals surface area contributed by atoms with Crippen LogP contribution in [0.3, 0.4) is 0 Å². The highest BCUT2D eigenvalue weighted by molar-refractivity contribution is 7.99. The van der Waals surface area contributed by atoms with Crippen molar-refractivity contribution in [1.82, 2.24) is 10.3 Å². The lowest BCUT2D eigenvalue weighted by atomic mass is 10.0. The molecule has 1 heterocycles. The number of rotatable bonds is 8. The number of nitrogens with zero attached hydrogens (tertiary/aromatic N) is 1. The van der Waals surface area contributed by atoms with Crippen LogP contribution in [0.1, 0.15) is 5.56 Å². The number of amides is 1. The molecule has 4 aromatic rings. The zero-order valence-corrected chi connectivity index (χ0v) is 20.0. The summed E-state index contributed by atoms with van der Waals surface area (Å²) in [5.41, 5.74) is 3.66. The Morgan fingerprint density at radius 3 is 2.44 bits per heavy atom. The third-order valence-electron chi connectivity index (χ3n) is 5.17. The number of ether oxygens (including phenoxy) is 1. The number of hydrogen-bond acceptors (Lipinski definition) is 6. The molecule has 0 saturated heterocycles. The van der Waals surface area contributed by atoms with E-state index in [1.807, 2.05) is 54.6 Å². The van der Waals surface area contributed by atoms with Gasteiger partial charge in [-0.3, -0.25) is 4.79 Å². The van der Waals surface area contributed by atoms with Crippen LogP contribution in [0, 0.1) is 0 Å². The number of carbonyl (C=O) groups is 1. The number of carbonyl (C=O) groups excluding carboxylic acids is 1. The Morgan fingerprint density at radius 2 is 1.76 bits per heavy atom. The average Bonchev–Trinajstić information content (AvgIpc) is 2.85. The molecule has 3 N–H and O–H groups in total. The summed E-state index contributed by atoms with van der Waals surface area (Å²) in [4.78, 5) is 17.2. The van der Waals surface area contributed by atoms with E-state index in [9.17, 15) is 13.2 Å². The van der Waals surface area contributed by atoms with Crippen LogP contribution in [0.4, 0.5) is 0 Å². The molecule has 1 aromatic heterocycles. The van der Waals surface area contributed by atoms with E-state index >= 15 is 0 Å². The van der Waals surface area contributed by atoms with Crippen LogP contribution in [0.2, 0.25) is 0 Å². The van der Waals surface area contributed by atoms with Crippen molar-refractivity contribution in [1.29, 1.82) is 0 Å². The summed E-state index contributed by atoms with van der Waals surface area (Å²) in [6.07, 6.45) is 0. The van der Waals surface area contributed by atoms with Crippen molar-refractivity contribution in [2.24, 2.45) is 5.14 Å². The van der Waals surface area contributed by atoms with Crippen molar-refractivity contribution in [2.75, 3.05) is 12.9 Å². The molecule has 0 radical (unpaired) electrons. The summed E-state index contributed by atoms with van der Waals surface area (Å²) in [5, 5.41) is 9.68. The summed E-state index contributed by atoms with van der Waals surface area (Å²) >= 11 is 1.35. The fraction of sp³-hybridized carbons (Fsp3) is 0.120. The SMILES string of the molecule is COc1ccc2c(-c3ccccc3)cc(SCC(=O)NCc3ccc(S(N)(=O)=O)cc3)nc2c1. The Morgan fingerprint density at radius 1 is 1.03 bits per heavy atom. The molecule has 9 heteroatoms. The molecule has 7 nitrogen and oxygen atoms in total. The van der Waals surface area contributed by atoms with E-state index in [4.69, 9.17) is 14.9 Å². The summed E-state index contributed by atoms with van der Waals surface area (Å²) in [6, 6.07) is 23.9. The Bertz CT molecular complexity index is 1420. The average molecular weight is 494 g/mol. The minimum Gasteiger partial charge on any atom is -0.497 e. The lowest BCUT2D eigenvalue weighted by Gasteiger charge is -2.11. The van der Waals surface area contributed by atoms with Gasteiger partial charge in [-0.05, 0) is 47.0 Å². The first-order chi connectivity index (χ1) is 16.3. The van der Waals surface area contributed by atoms with Crippen LogP contribution in [0.5, 0.6) is 5.75 Å². The highest BCUT2D eigenvalue weighted by Crippen LogP contribution is 2.33. The summed E-state index contributed by atoms with van der Waals surface area (Å²) in [7, 11) is -2.12. The van der Waals surface area contributed by atoms with Crippen molar-refractivity contribution in [3.63, 3.8) is 0 Å². The standard InChI is InChI=1S/C25H23N3O4S2/c1-32-19-9-12-21-22(18-5-3-2-4-6-18)14-25(28-23(21)13-19)33-16-24(29)27-15-17-7-10-20(11-8-17)34(26,30)31/h2-14H,15-16H2,1H3,(H,27,29)(H2,26,30,31). The topological polar surface area (TPSA) is 111 Å². The number of benzene rings is 3. The van der Waals surface area contributed by atoms with E-state index in [0.29, 0.717) is 5.75 Å². The molecule has 174 valence electrons. The van der Waals surface area contributed by atoms with Gasteiger partial charge in [0.15, 0.2) is 0 Å². The molecule has 0 atom stereocenters. The minimum absolute atomic E-state index is 0.0337. The van der Waals surface area contributed by atoms with Crippen molar-refractivity contribution in [3.05, 3.63) is 84.4 Å². The number of hydrogen-bond donors (Lipinski definition) is 2. The fourth-order valence-electron chi connectivity index (χ4n) is 3.43. The Hall–Kier alpha value is -3.40. The van der Waals surface area contributed by atoms with Crippen molar-refractivity contribution >= 4 is 38.6 Å². The number of fused-ring (bicyclic) bond motifs is 1. The maximum atomic E-state index is 12.4. The van der Waals surface area contributed by atoms with Gasteiger partial charge in [0, 0.05) is 18.0 Å². The summed E-state index contributed by atoms with van der Waals surface area (Å²) in [5.74, 6) is 0.744. The maximum absolute atomic E-state index is 12.4. The van der Waals surface area contributed by atoms with Gasteiger partial charge in [0.05, 0.1) is 28.3 Å². The first-order valence-electron chi connectivity index (χ1n) is 10.4. The Labute approximate surface area is 202 Å². The smallest absolute Gasteiger partial charge is 0.238 e. The number of methoxy groups -OCH3 is 1. The summed E-state index contributed by atoms with van der Waals surface area (Å²) < 4.78 is 28.1. The molecule has 34 heavy (non-hydrogen) atoms. The third kappa shape index (κ3) is 5.74. The van der Waals surface area contributed by atoms with E-state index in [-0.39, 0.29) is 23.1 Å². The summed E-state index contributed by atoms with van der Waals surface area (Å²) in [6.45, 7) is 0.280. The Balaban J connectivity index is 1.48. The molecule has 0 aliphatic carbocycles. The van der Waals surface area contributed by atoms with E-state index in [0.717, 1.165) is 32.6 Å². The van der Waals surface area contributed by atoms with Crippen LogP contribution in [0.15, 0.2) is 88.8 Å². The zero-order chi connectivity index (χ0) is 24.1. The van der Waals surface area contributed by atoms with Gasteiger partial charge in [0.2, 0.25) is 15.9 Å². The maximum Gasteiger partial charge on any atom is 0.238 e. The lowest BCUT2D eigenvalue weighted by molar-refractivity contribution is -0.118. The van der Waals surface area contributed by atoms with Gasteiger partial charge in [-0.1, -0.05) is 54.2 Å². The molecule has 0 bridgehead atoms.